The molecule has 2 rings (SSSR count). The van der Waals surface area contributed by atoms with Gasteiger partial charge in [0.05, 0.1) is 16.2 Å². The fourth-order valence-electron chi connectivity index (χ4n) is 2.59. The summed E-state index contributed by atoms with van der Waals surface area (Å²) in [6.45, 7) is 7.16. The van der Waals surface area contributed by atoms with E-state index in [1.165, 1.54) is 0 Å². The Kier molecular flexibility index (Phi) is 3.56. The third-order valence-electron chi connectivity index (χ3n) is 3.66. The molecule has 104 valence electrons. The molecule has 19 heavy (non-hydrogen) atoms. The number of aromatic nitrogens is 1. The van der Waals surface area contributed by atoms with Crippen LogP contribution in [-0.4, -0.2) is 38.6 Å². The van der Waals surface area contributed by atoms with Crippen molar-refractivity contribution in [2.24, 2.45) is 0 Å². The Balaban J connectivity index is 2.23. The Morgan fingerprint density at radius 1 is 1.58 bits per heavy atom. The Hall–Kier alpha value is -1.53. The highest BCUT2D eigenvalue weighted by Gasteiger charge is 2.32. The zero-order chi connectivity index (χ0) is 14.2. The van der Waals surface area contributed by atoms with Gasteiger partial charge in [0.2, 0.25) is 0 Å². The van der Waals surface area contributed by atoms with Crippen LogP contribution < -0.4 is 0 Å². The van der Waals surface area contributed by atoms with Crippen molar-refractivity contribution in [1.29, 1.82) is 0 Å². The molecule has 0 spiro atoms. The van der Waals surface area contributed by atoms with Gasteiger partial charge in [0.15, 0.2) is 0 Å². The van der Waals surface area contributed by atoms with E-state index in [4.69, 9.17) is 0 Å². The first-order valence-electron chi connectivity index (χ1n) is 6.34. The number of pyridine rings is 1. The highest BCUT2D eigenvalue weighted by atomic mass is 16.6. The van der Waals surface area contributed by atoms with Crippen LogP contribution >= 0.6 is 0 Å². The van der Waals surface area contributed by atoms with Crippen molar-refractivity contribution in [3.05, 3.63) is 33.1 Å². The predicted molar refractivity (Wildman–Crippen MR) is 70.9 cm³/mol. The molecule has 1 saturated heterocycles. The molecule has 6 heteroatoms. The molecule has 1 N–H and O–H groups in total. The van der Waals surface area contributed by atoms with Gasteiger partial charge >= 0.3 is 0 Å². The number of nitrogens with zero attached hydrogens (tertiary/aromatic N) is 3. The molecule has 1 atom stereocenters. The lowest BCUT2D eigenvalue weighted by Crippen LogP contribution is -2.29. The van der Waals surface area contributed by atoms with Crippen molar-refractivity contribution >= 4 is 5.69 Å². The van der Waals surface area contributed by atoms with Crippen molar-refractivity contribution in [3.63, 3.8) is 0 Å². The number of nitro groups is 1. The predicted octanol–water partition coefficient (Wildman–Crippen LogP) is 1.56. The molecule has 2 heterocycles. The summed E-state index contributed by atoms with van der Waals surface area (Å²) in [5.74, 6) is 0. The largest absolute Gasteiger partial charge is 0.389 e. The summed E-state index contributed by atoms with van der Waals surface area (Å²) in [6, 6.07) is 0. The number of aryl methyl sites for hydroxylation is 1. The van der Waals surface area contributed by atoms with Crippen LogP contribution in [0, 0.1) is 24.0 Å². The molecule has 1 aliphatic rings. The lowest BCUT2D eigenvalue weighted by Gasteiger charge is -2.19. The second-order valence-electron chi connectivity index (χ2n) is 5.58. The second-order valence-corrected chi connectivity index (χ2v) is 5.58. The van der Waals surface area contributed by atoms with E-state index in [0.717, 1.165) is 18.7 Å². The maximum Gasteiger partial charge on any atom is 0.278 e. The second kappa shape index (κ2) is 4.86. The minimum atomic E-state index is -0.662. The molecule has 0 radical (unpaired) electrons. The standard InChI is InChI=1S/C13H19N3O3/c1-9-6-14-11(10(2)12(9)16(18)19)7-15-5-4-13(3,17)8-15/h6,17H,4-5,7-8H2,1-3H3. The van der Waals surface area contributed by atoms with E-state index in [9.17, 15) is 15.2 Å². The Morgan fingerprint density at radius 2 is 2.26 bits per heavy atom. The number of aliphatic hydroxyl groups is 1. The van der Waals surface area contributed by atoms with Crippen molar-refractivity contribution in [3.8, 4) is 0 Å². The molecular formula is C13H19N3O3. The summed E-state index contributed by atoms with van der Waals surface area (Å²) in [6.07, 6.45) is 2.27. The maximum atomic E-state index is 11.1. The van der Waals surface area contributed by atoms with E-state index in [2.05, 4.69) is 9.88 Å². The number of hydrogen-bond acceptors (Lipinski definition) is 5. The van der Waals surface area contributed by atoms with Crippen LogP contribution in [0.15, 0.2) is 6.20 Å². The monoisotopic (exact) mass is 265 g/mol. The van der Waals surface area contributed by atoms with Crippen LogP contribution in [0.2, 0.25) is 0 Å². The Bertz CT molecular complexity index is 514. The average Bonchev–Trinajstić information content (AvgIpc) is 2.62. The number of likely N-dealkylation sites (tertiary alicyclic amines) is 1. The molecular weight excluding hydrogens is 246 g/mol. The first-order valence-corrected chi connectivity index (χ1v) is 6.34. The summed E-state index contributed by atoms with van der Waals surface area (Å²) in [5, 5.41) is 21.0. The van der Waals surface area contributed by atoms with Crippen LogP contribution in [0.25, 0.3) is 0 Å². The topological polar surface area (TPSA) is 79.5 Å². The lowest BCUT2D eigenvalue weighted by atomic mass is 10.1. The van der Waals surface area contributed by atoms with Crippen LogP contribution in [-0.2, 0) is 6.54 Å². The minimum absolute atomic E-state index is 0.149. The fraction of sp³-hybridized carbons (Fsp3) is 0.615. The summed E-state index contributed by atoms with van der Waals surface area (Å²) in [7, 11) is 0. The average molecular weight is 265 g/mol. The molecule has 0 bridgehead atoms. The van der Waals surface area contributed by atoms with Crippen LogP contribution in [0.3, 0.4) is 0 Å². The highest BCUT2D eigenvalue weighted by molar-refractivity contribution is 5.47. The summed E-state index contributed by atoms with van der Waals surface area (Å²) < 4.78 is 0. The van der Waals surface area contributed by atoms with E-state index in [1.807, 2.05) is 6.92 Å². The molecule has 1 fully saturated rings. The van der Waals surface area contributed by atoms with Gasteiger partial charge in [-0.05, 0) is 27.2 Å². The van der Waals surface area contributed by atoms with Gasteiger partial charge in [-0.3, -0.25) is 20.0 Å². The first-order chi connectivity index (χ1) is 8.80. The molecule has 1 aromatic heterocycles. The summed E-state index contributed by atoms with van der Waals surface area (Å²) in [5.41, 5.74) is 1.41. The van der Waals surface area contributed by atoms with Gasteiger partial charge in [-0.15, -0.1) is 0 Å². The van der Waals surface area contributed by atoms with Gasteiger partial charge in [0, 0.05) is 37.0 Å². The quantitative estimate of drug-likeness (QED) is 0.662. The van der Waals surface area contributed by atoms with E-state index < -0.39 is 5.60 Å². The number of β-amino-alcohol motifs (C(OH)–C–C–N with tert-alkyl or cyclic N) is 1. The van der Waals surface area contributed by atoms with E-state index >= 15 is 0 Å². The van der Waals surface area contributed by atoms with Gasteiger partial charge in [-0.25, -0.2) is 0 Å². The third kappa shape index (κ3) is 2.90. The minimum Gasteiger partial charge on any atom is -0.389 e. The fourth-order valence-corrected chi connectivity index (χ4v) is 2.59. The molecule has 6 nitrogen and oxygen atoms in total. The third-order valence-corrected chi connectivity index (χ3v) is 3.66. The summed E-state index contributed by atoms with van der Waals surface area (Å²) in [4.78, 5) is 17.1. The van der Waals surface area contributed by atoms with Crippen molar-refractivity contribution in [2.45, 2.75) is 39.3 Å². The molecule has 1 aliphatic heterocycles. The van der Waals surface area contributed by atoms with Crippen LogP contribution in [0.5, 0.6) is 0 Å². The Morgan fingerprint density at radius 3 is 2.79 bits per heavy atom. The molecule has 0 amide bonds. The SMILES string of the molecule is Cc1cnc(CN2CCC(C)(O)C2)c(C)c1[N+](=O)[O-]. The Labute approximate surface area is 112 Å². The normalized spacial score (nSPS) is 23.8. The maximum absolute atomic E-state index is 11.1. The molecule has 0 aromatic carbocycles. The molecule has 0 saturated carbocycles. The highest BCUT2D eigenvalue weighted by Crippen LogP contribution is 2.27. The van der Waals surface area contributed by atoms with Crippen molar-refractivity contribution < 1.29 is 10.0 Å². The summed E-state index contributed by atoms with van der Waals surface area (Å²) >= 11 is 0. The van der Waals surface area contributed by atoms with Crippen LogP contribution in [0.4, 0.5) is 5.69 Å². The number of hydrogen-bond donors (Lipinski definition) is 1. The van der Waals surface area contributed by atoms with Gasteiger partial charge < -0.3 is 5.11 Å². The zero-order valence-corrected chi connectivity index (χ0v) is 11.5. The smallest absolute Gasteiger partial charge is 0.278 e. The van der Waals surface area contributed by atoms with E-state index in [0.29, 0.717) is 24.2 Å². The van der Waals surface area contributed by atoms with E-state index in [-0.39, 0.29) is 10.6 Å². The van der Waals surface area contributed by atoms with E-state index in [1.54, 1.807) is 20.0 Å². The number of rotatable bonds is 3. The van der Waals surface area contributed by atoms with Gasteiger partial charge in [0.1, 0.15) is 0 Å². The van der Waals surface area contributed by atoms with Crippen molar-refractivity contribution in [2.75, 3.05) is 13.1 Å². The molecule has 1 unspecified atom stereocenters. The van der Waals surface area contributed by atoms with Gasteiger partial charge in [0.25, 0.3) is 5.69 Å². The molecule has 0 aliphatic carbocycles. The van der Waals surface area contributed by atoms with Crippen LogP contribution in [0.1, 0.15) is 30.2 Å². The lowest BCUT2D eigenvalue weighted by molar-refractivity contribution is -0.386. The van der Waals surface area contributed by atoms with Gasteiger partial charge in [-0.1, -0.05) is 0 Å². The van der Waals surface area contributed by atoms with Gasteiger partial charge in [-0.2, -0.15) is 0 Å². The zero-order valence-electron chi connectivity index (χ0n) is 11.5. The first kappa shape index (κ1) is 13.9. The molecule has 1 aromatic rings. The van der Waals surface area contributed by atoms with Crippen molar-refractivity contribution in [1.82, 2.24) is 9.88 Å².